The highest BCUT2D eigenvalue weighted by Crippen LogP contribution is 2.31. The van der Waals surface area contributed by atoms with Gasteiger partial charge < -0.3 is 10.2 Å². The molecule has 0 aromatic heterocycles. The second-order valence-electron chi connectivity index (χ2n) is 3.89. The van der Waals surface area contributed by atoms with E-state index in [4.69, 9.17) is 0 Å². The summed E-state index contributed by atoms with van der Waals surface area (Å²) in [6.45, 7) is 4.82. The van der Waals surface area contributed by atoms with Gasteiger partial charge in [0.05, 0.1) is 5.54 Å². The molecule has 0 bridgehead atoms. The zero-order valence-corrected chi connectivity index (χ0v) is 7.51. The molecule has 0 aromatic carbocycles. The highest BCUT2D eigenvalue weighted by Gasteiger charge is 2.44. The predicted molar refractivity (Wildman–Crippen MR) is 46.7 cm³/mol. The number of likely N-dealkylation sites (tertiary alicyclic amines) is 1. The Kier molecular flexibility index (Phi) is 1.78. The smallest absolute Gasteiger partial charge is 0.223 e. The van der Waals surface area contributed by atoms with E-state index in [0.29, 0.717) is 6.42 Å². The molecule has 2 rings (SSSR count). The first-order valence-electron chi connectivity index (χ1n) is 4.53. The van der Waals surface area contributed by atoms with Crippen molar-refractivity contribution in [1.29, 1.82) is 0 Å². The van der Waals surface area contributed by atoms with Crippen LogP contribution in [0.1, 0.15) is 19.3 Å². The lowest BCUT2D eigenvalue weighted by Crippen LogP contribution is -2.65. The van der Waals surface area contributed by atoms with Crippen molar-refractivity contribution < 1.29 is 9.59 Å². The maximum absolute atomic E-state index is 10.9. The lowest BCUT2D eigenvalue weighted by atomic mass is 9.78. The van der Waals surface area contributed by atoms with E-state index >= 15 is 0 Å². The molecule has 4 nitrogen and oxygen atoms in total. The molecule has 13 heavy (non-hydrogen) atoms. The summed E-state index contributed by atoms with van der Waals surface area (Å²) in [6.07, 6.45) is 2.38. The van der Waals surface area contributed by atoms with Gasteiger partial charge in [0.15, 0.2) is 0 Å². The zero-order chi connectivity index (χ0) is 9.47. The molecule has 0 atom stereocenters. The minimum atomic E-state index is -0.111. The van der Waals surface area contributed by atoms with E-state index < -0.39 is 0 Å². The fourth-order valence-electron chi connectivity index (χ4n) is 2.07. The second kappa shape index (κ2) is 2.72. The Bertz CT molecular complexity index is 244. The van der Waals surface area contributed by atoms with Crippen LogP contribution in [0.3, 0.4) is 0 Å². The Morgan fingerprint density at radius 2 is 2.00 bits per heavy atom. The molecule has 0 saturated carbocycles. The number of carbonyl (C=O) groups is 2. The van der Waals surface area contributed by atoms with Crippen LogP contribution >= 0.6 is 0 Å². The van der Waals surface area contributed by atoms with Gasteiger partial charge in [0.2, 0.25) is 11.8 Å². The van der Waals surface area contributed by atoms with Gasteiger partial charge in [-0.1, -0.05) is 0 Å². The molecular weight excluding hydrogens is 168 g/mol. The quantitative estimate of drug-likeness (QED) is 0.522. The van der Waals surface area contributed by atoms with Crippen molar-refractivity contribution in [2.24, 2.45) is 0 Å². The van der Waals surface area contributed by atoms with Gasteiger partial charge in [-0.25, -0.2) is 0 Å². The van der Waals surface area contributed by atoms with E-state index in [1.165, 1.54) is 0 Å². The van der Waals surface area contributed by atoms with Gasteiger partial charge in [-0.15, -0.1) is 0 Å². The molecule has 0 aromatic rings. The summed E-state index contributed by atoms with van der Waals surface area (Å²) in [4.78, 5) is 23.4. The average Bonchev–Trinajstić information content (AvgIpc) is 2.03. The summed E-state index contributed by atoms with van der Waals surface area (Å²) >= 11 is 0. The predicted octanol–water partition coefficient (Wildman–Crippen LogP) is -0.298. The summed E-state index contributed by atoms with van der Waals surface area (Å²) in [5.41, 5.74) is 0.0169. The van der Waals surface area contributed by atoms with Crippen molar-refractivity contribution >= 4 is 11.8 Å². The molecule has 1 spiro atoms. The standard InChI is InChI=1S/C9H13N2O2/c1-7(12)11-4-2-9(3-5-11)6-8(13)10-9/h1-6H2,(H,10,13). The monoisotopic (exact) mass is 181 g/mol. The number of carbonyl (C=O) groups excluding carboxylic acids is 2. The fraction of sp³-hybridized carbons (Fsp3) is 0.667. The highest BCUT2D eigenvalue weighted by atomic mass is 16.2. The van der Waals surface area contributed by atoms with Crippen LogP contribution < -0.4 is 5.32 Å². The Morgan fingerprint density at radius 3 is 2.38 bits per heavy atom. The maximum Gasteiger partial charge on any atom is 0.223 e. The van der Waals surface area contributed by atoms with Crippen molar-refractivity contribution in [3.63, 3.8) is 0 Å². The van der Waals surface area contributed by atoms with Gasteiger partial charge in [0.25, 0.3) is 0 Å². The van der Waals surface area contributed by atoms with Crippen LogP contribution in [0.5, 0.6) is 0 Å². The number of piperidine rings is 1. The molecular formula is C9H13N2O2. The van der Waals surface area contributed by atoms with Crippen LogP contribution in [-0.2, 0) is 9.59 Å². The number of β-lactam (4-membered cyclic amide) rings is 1. The lowest BCUT2D eigenvalue weighted by Gasteiger charge is -2.47. The molecule has 4 heteroatoms. The largest absolute Gasteiger partial charge is 0.350 e. The zero-order valence-electron chi connectivity index (χ0n) is 7.51. The van der Waals surface area contributed by atoms with Crippen LogP contribution in [0.15, 0.2) is 0 Å². The number of nitrogens with zero attached hydrogens (tertiary/aromatic N) is 1. The Morgan fingerprint density at radius 1 is 1.46 bits per heavy atom. The van der Waals surface area contributed by atoms with Crippen LogP contribution in [0, 0.1) is 6.92 Å². The molecule has 2 aliphatic heterocycles. The topological polar surface area (TPSA) is 49.4 Å². The Hall–Kier alpha value is -1.06. The first-order chi connectivity index (χ1) is 6.11. The fourth-order valence-corrected chi connectivity index (χ4v) is 2.07. The average molecular weight is 181 g/mol. The normalized spacial score (nSPS) is 25.3. The number of amides is 2. The van der Waals surface area contributed by atoms with Crippen molar-refractivity contribution in [2.75, 3.05) is 13.1 Å². The Labute approximate surface area is 77.3 Å². The molecule has 71 valence electrons. The summed E-state index contributed by atoms with van der Waals surface area (Å²) in [5.74, 6) is 0.0231. The second-order valence-corrected chi connectivity index (χ2v) is 3.89. The van der Waals surface area contributed by atoms with Crippen molar-refractivity contribution in [1.82, 2.24) is 10.2 Å². The number of hydrogen-bond donors (Lipinski definition) is 1. The minimum absolute atomic E-state index is 0.0169. The van der Waals surface area contributed by atoms with E-state index in [1.807, 2.05) is 0 Å². The van der Waals surface area contributed by atoms with Gasteiger partial charge in [-0.3, -0.25) is 9.59 Å². The van der Waals surface area contributed by atoms with E-state index in [-0.39, 0.29) is 17.4 Å². The van der Waals surface area contributed by atoms with E-state index in [1.54, 1.807) is 4.90 Å². The van der Waals surface area contributed by atoms with Crippen molar-refractivity contribution in [2.45, 2.75) is 24.8 Å². The number of hydrogen-bond acceptors (Lipinski definition) is 2. The lowest BCUT2D eigenvalue weighted by molar-refractivity contribution is -0.137. The molecule has 1 radical (unpaired) electrons. The first kappa shape index (κ1) is 8.53. The molecule has 0 unspecified atom stereocenters. The minimum Gasteiger partial charge on any atom is -0.350 e. The third kappa shape index (κ3) is 1.41. The first-order valence-corrected chi connectivity index (χ1v) is 4.53. The van der Waals surface area contributed by atoms with Gasteiger partial charge in [-0.05, 0) is 12.8 Å². The SMILES string of the molecule is [CH2]C(=O)N1CCC2(CC1)CC(=O)N2. The van der Waals surface area contributed by atoms with Gasteiger partial charge in [0, 0.05) is 26.4 Å². The Balaban J connectivity index is 1.90. The van der Waals surface area contributed by atoms with Gasteiger partial charge in [-0.2, -0.15) is 0 Å². The third-order valence-corrected chi connectivity index (χ3v) is 2.98. The summed E-state index contributed by atoms with van der Waals surface area (Å²) < 4.78 is 0. The molecule has 2 fully saturated rings. The van der Waals surface area contributed by atoms with E-state index in [9.17, 15) is 9.59 Å². The number of nitrogens with one attached hydrogen (secondary N) is 1. The third-order valence-electron chi connectivity index (χ3n) is 2.98. The van der Waals surface area contributed by atoms with Crippen molar-refractivity contribution in [3.05, 3.63) is 6.92 Å². The molecule has 2 aliphatic rings. The van der Waals surface area contributed by atoms with Gasteiger partial charge in [0.1, 0.15) is 0 Å². The van der Waals surface area contributed by atoms with Gasteiger partial charge >= 0.3 is 0 Å². The molecule has 2 heterocycles. The van der Waals surface area contributed by atoms with E-state index in [0.717, 1.165) is 25.9 Å². The van der Waals surface area contributed by atoms with Crippen LogP contribution in [0.2, 0.25) is 0 Å². The molecule has 0 aliphatic carbocycles. The van der Waals surface area contributed by atoms with Crippen LogP contribution in [-0.4, -0.2) is 35.3 Å². The molecule has 2 saturated heterocycles. The van der Waals surface area contributed by atoms with Crippen LogP contribution in [0.4, 0.5) is 0 Å². The van der Waals surface area contributed by atoms with Crippen LogP contribution in [0.25, 0.3) is 0 Å². The number of rotatable bonds is 0. The summed E-state index contributed by atoms with van der Waals surface area (Å²) in [5, 5.41) is 2.92. The molecule has 2 amide bonds. The molecule has 1 N–H and O–H groups in total. The summed E-state index contributed by atoms with van der Waals surface area (Å²) in [6, 6.07) is 0. The van der Waals surface area contributed by atoms with Crippen molar-refractivity contribution in [3.8, 4) is 0 Å². The maximum atomic E-state index is 10.9. The highest BCUT2D eigenvalue weighted by molar-refractivity contribution is 5.85. The van der Waals surface area contributed by atoms with E-state index in [2.05, 4.69) is 12.2 Å². The summed E-state index contributed by atoms with van der Waals surface area (Å²) in [7, 11) is 0.